The Balaban J connectivity index is 1.95. The highest BCUT2D eigenvalue weighted by Crippen LogP contribution is 2.49. The minimum Gasteiger partial charge on any atom is -0.497 e. The SMILES string of the molecule is C=C[C@]1(C)CC[C@@H](C(=C)C/C=C/c2ccc(OC)cc2)C[C@H]1C(=C)C. The molecule has 1 nitrogen and oxygen atoms in total. The van der Waals surface area contributed by atoms with Crippen molar-refractivity contribution in [2.45, 2.75) is 39.5 Å². The van der Waals surface area contributed by atoms with Crippen molar-refractivity contribution >= 4 is 6.08 Å². The number of ether oxygens (including phenoxy) is 1. The predicted molar refractivity (Wildman–Crippen MR) is 110 cm³/mol. The molecule has 0 heterocycles. The largest absolute Gasteiger partial charge is 0.497 e. The minimum atomic E-state index is 0.182. The molecule has 0 N–H and O–H groups in total. The normalized spacial score (nSPS) is 26.4. The van der Waals surface area contributed by atoms with Crippen LogP contribution >= 0.6 is 0 Å². The fourth-order valence-corrected chi connectivity index (χ4v) is 3.94. The fraction of sp³-hybridized carbons (Fsp3) is 0.417. The number of benzene rings is 1. The third-order valence-electron chi connectivity index (χ3n) is 5.79. The van der Waals surface area contributed by atoms with Crippen molar-refractivity contribution in [3.63, 3.8) is 0 Å². The van der Waals surface area contributed by atoms with Crippen molar-refractivity contribution in [2.75, 3.05) is 7.11 Å². The molecule has 2 rings (SSSR count). The Labute approximate surface area is 153 Å². The molecule has 1 saturated carbocycles. The van der Waals surface area contributed by atoms with Crippen LogP contribution in [0.15, 0.2) is 67.3 Å². The van der Waals surface area contributed by atoms with Crippen LogP contribution in [0.1, 0.15) is 45.1 Å². The number of hydrogen-bond donors (Lipinski definition) is 0. The molecular formula is C24H32O. The van der Waals surface area contributed by atoms with Gasteiger partial charge in [-0.15, -0.1) is 6.58 Å². The highest BCUT2D eigenvalue weighted by Gasteiger charge is 2.38. The summed E-state index contributed by atoms with van der Waals surface area (Å²) in [6.07, 6.45) is 11.0. The van der Waals surface area contributed by atoms with Crippen molar-refractivity contribution in [3.8, 4) is 5.75 Å². The molecule has 1 aromatic carbocycles. The number of hydrogen-bond acceptors (Lipinski definition) is 1. The third-order valence-corrected chi connectivity index (χ3v) is 5.79. The van der Waals surface area contributed by atoms with Gasteiger partial charge in [-0.25, -0.2) is 0 Å². The van der Waals surface area contributed by atoms with Gasteiger partial charge in [-0.1, -0.05) is 61.6 Å². The van der Waals surface area contributed by atoms with Crippen molar-refractivity contribution in [2.24, 2.45) is 17.3 Å². The maximum Gasteiger partial charge on any atom is 0.118 e. The van der Waals surface area contributed by atoms with Gasteiger partial charge in [0.1, 0.15) is 5.75 Å². The van der Waals surface area contributed by atoms with Gasteiger partial charge in [0.25, 0.3) is 0 Å². The second kappa shape index (κ2) is 8.38. The Bertz CT molecular complexity index is 649. The van der Waals surface area contributed by atoms with E-state index >= 15 is 0 Å². The first kappa shape index (κ1) is 19.3. The molecule has 3 atom stereocenters. The van der Waals surface area contributed by atoms with Gasteiger partial charge < -0.3 is 4.74 Å². The van der Waals surface area contributed by atoms with Crippen molar-refractivity contribution in [1.29, 1.82) is 0 Å². The molecule has 1 fully saturated rings. The molecule has 25 heavy (non-hydrogen) atoms. The van der Waals surface area contributed by atoms with Gasteiger partial charge in [-0.05, 0) is 67.6 Å². The zero-order chi connectivity index (χ0) is 18.4. The van der Waals surface area contributed by atoms with Gasteiger partial charge in [-0.3, -0.25) is 0 Å². The highest BCUT2D eigenvalue weighted by atomic mass is 16.5. The lowest BCUT2D eigenvalue weighted by Crippen LogP contribution is -2.33. The zero-order valence-corrected chi connectivity index (χ0v) is 16.1. The summed E-state index contributed by atoms with van der Waals surface area (Å²) in [5, 5.41) is 0. The van der Waals surface area contributed by atoms with E-state index in [4.69, 9.17) is 4.74 Å². The zero-order valence-electron chi connectivity index (χ0n) is 16.1. The molecular weight excluding hydrogens is 304 g/mol. The number of rotatable bonds is 7. The summed E-state index contributed by atoms with van der Waals surface area (Å²) in [7, 11) is 1.69. The molecule has 0 aliphatic heterocycles. The lowest BCUT2D eigenvalue weighted by Gasteiger charge is -2.43. The summed E-state index contributed by atoms with van der Waals surface area (Å²) in [6, 6.07) is 8.13. The fourth-order valence-electron chi connectivity index (χ4n) is 3.94. The molecule has 1 aromatic rings. The average Bonchev–Trinajstić information content (AvgIpc) is 2.62. The summed E-state index contributed by atoms with van der Waals surface area (Å²) >= 11 is 0. The first-order valence-corrected chi connectivity index (χ1v) is 9.17. The Morgan fingerprint density at radius 1 is 1.28 bits per heavy atom. The smallest absolute Gasteiger partial charge is 0.118 e. The molecule has 0 bridgehead atoms. The van der Waals surface area contributed by atoms with Crippen LogP contribution < -0.4 is 4.74 Å². The van der Waals surface area contributed by atoms with Crippen LogP contribution in [0.4, 0.5) is 0 Å². The topological polar surface area (TPSA) is 9.23 Å². The molecule has 1 heteroatoms. The first-order valence-electron chi connectivity index (χ1n) is 9.17. The third kappa shape index (κ3) is 4.75. The van der Waals surface area contributed by atoms with E-state index in [-0.39, 0.29) is 5.41 Å². The Kier molecular flexibility index (Phi) is 6.47. The Hall–Kier alpha value is -2.02. The van der Waals surface area contributed by atoms with E-state index in [1.54, 1.807) is 7.11 Å². The summed E-state index contributed by atoms with van der Waals surface area (Å²) in [4.78, 5) is 0. The second-order valence-corrected chi connectivity index (χ2v) is 7.62. The van der Waals surface area contributed by atoms with Gasteiger partial charge in [0, 0.05) is 0 Å². The van der Waals surface area contributed by atoms with Crippen LogP contribution in [0.5, 0.6) is 5.75 Å². The van der Waals surface area contributed by atoms with E-state index in [9.17, 15) is 0 Å². The first-order chi connectivity index (χ1) is 11.9. The Morgan fingerprint density at radius 3 is 2.52 bits per heavy atom. The van der Waals surface area contributed by atoms with E-state index in [1.807, 2.05) is 12.1 Å². The quantitative estimate of drug-likeness (QED) is 0.495. The monoisotopic (exact) mass is 336 g/mol. The lowest BCUT2D eigenvalue weighted by atomic mass is 9.61. The standard InChI is InChI=1S/C24H32O/c1-7-24(5)16-15-21(17-23(24)18(2)3)19(4)9-8-10-20-11-13-22(25-6)14-12-20/h7-8,10-14,21,23H,1-2,4,9,15-17H2,3,5-6H3/b10-8+/t21-,23+,24-/m1/s1. The van der Waals surface area contributed by atoms with Gasteiger partial charge >= 0.3 is 0 Å². The van der Waals surface area contributed by atoms with Gasteiger partial charge in [0.15, 0.2) is 0 Å². The van der Waals surface area contributed by atoms with Crippen LogP contribution in [0, 0.1) is 17.3 Å². The summed E-state index contributed by atoms with van der Waals surface area (Å²) in [5.74, 6) is 1.97. The average molecular weight is 337 g/mol. The highest BCUT2D eigenvalue weighted by molar-refractivity contribution is 5.51. The summed E-state index contributed by atoms with van der Waals surface area (Å²) < 4.78 is 5.19. The molecule has 134 valence electrons. The maximum absolute atomic E-state index is 5.19. The van der Waals surface area contributed by atoms with Crippen molar-refractivity contribution in [1.82, 2.24) is 0 Å². The van der Waals surface area contributed by atoms with Crippen molar-refractivity contribution < 1.29 is 4.74 Å². The summed E-state index contributed by atoms with van der Waals surface area (Å²) in [5.41, 5.74) is 3.98. The minimum absolute atomic E-state index is 0.182. The van der Waals surface area contributed by atoms with Crippen LogP contribution in [0.2, 0.25) is 0 Å². The lowest BCUT2D eigenvalue weighted by molar-refractivity contribution is 0.169. The molecule has 0 radical (unpaired) electrons. The van der Waals surface area contributed by atoms with E-state index in [1.165, 1.54) is 29.6 Å². The molecule has 0 saturated heterocycles. The van der Waals surface area contributed by atoms with Crippen molar-refractivity contribution in [3.05, 3.63) is 72.9 Å². The van der Waals surface area contributed by atoms with E-state index in [0.717, 1.165) is 18.6 Å². The van der Waals surface area contributed by atoms with Crippen LogP contribution in [0.3, 0.4) is 0 Å². The number of methoxy groups -OCH3 is 1. The molecule has 0 spiro atoms. The molecule has 0 amide bonds. The Morgan fingerprint density at radius 2 is 1.96 bits per heavy atom. The van der Waals surface area contributed by atoms with Crippen LogP contribution in [-0.4, -0.2) is 7.11 Å². The van der Waals surface area contributed by atoms with E-state index in [2.05, 4.69) is 63.9 Å². The summed E-state index contributed by atoms with van der Waals surface area (Å²) in [6.45, 7) is 17.2. The molecule has 0 unspecified atom stereocenters. The number of allylic oxidation sites excluding steroid dienone is 4. The maximum atomic E-state index is 5.19. The molecule has 1 aliphatic rings. The van der Waals surface area contributed by atoms with Crippen LogP contribution in [-0.2, 0) is 0 Å². The van der Waals surface area contributed by atoms with Gasteiger partial charge in [0.05, 0.1) is 7.11 Å². The predicted octanol–water partition coefficient (Wildman–Crippen LogP) is 6.84. The van der Waals surface area contributed by atoms with Gasteiger partial charge in [0.2, 0.25) is 0 Å². The van der Waals surface area contributed by atoms with Gasteiger partial charge in [-0.2, -0.15) is 0 Å². The van der Waals surface area contributed by atoms with E-state index in [0.29, 0.717) is 11.8 Å². The van der Waals surface area contributed by atoms with Crippen LogP contribution in [0.25, 0.3) is 6.08 Å². The van der Waals surface area contributed by atoms with E-state index < -0.39 is 0 Å². The molecule has 1 aliphatic carbocycles. The molecule has 0 aromatic heterocycles. The second-order valence-electron chi connectivity index (χ2n) is 7.62.